The largest absolute Gasteiger partial charge is 0.481 e. The molecule has 0 aliphatic carbocycles. The van der Waals surface area contributed by atoms with Crippen LogP contribution in [0, 0.1) is 0 Å². The summed E-state index contributed by atoms with van der Waals surface area (Å²) in [4.78, 5) is 23.7. The Morgan fingerprint density at radius 1 is 1.37 bits per heavy atom. The predicted molar refractivity (Wildman–Crippen MR) is 72.3 cm³/mol. The number of hydrogen-bond acceptors (Lipinski definition) is 5. The smallest absolute Gasteiger partial charge is 0.308 e. The molecule has 1 aromatic heterocycles. The maximum absolute atomic E-state index is 11.4. The second-order valence-electron chi connectivity index (χ2n) is 3.88. The van der Waals surface area contributed by atoms with E-state index in [0.717, 1.165) is 9.75 Å². The van der Waals surface area contributed by atoms with E-state index in [0.29, 0.717) is 19.7 Å². The molecule has 0 radical (unpaired) electrons. The molecule has 0 saturated heterocycles. The summed E-state index contributed by atoms with van der Waals surface area (Å²) in [7, 11) is 1.58. The SMILES string of the molecule is COCCNC(=O)CNCc1ccc(CC(=O)O)s1. The van der Waals surface area contributed by atoms with Crippen LogP contribution in [0.5, 0.6) is 0 Å². The third-order valence-electron chi connectivity index (χ3n) is 2.26. The summed E-state index contributed by atoms with van der Waals surface area (Å²) >= 11 is 1.44. The number of thiophene rings is 1. The molecular weight excluding hydrogens is 268 g/mol. The number of hydrogen-bond donors (Lipinski definition) is 3. The fraction of sp³-hybridized carbons (Fsp3) is 0.500. The summed E-state index contributed by atoms with van der Waals surface area (Å²) < 4.78 is 4.82. The molecule has 0 aliphatic heterocycles. The fourth-order valence-corrected chi connectivity index (χ4v) is 2.39. The number of methoxy groups -OCH3 is 1. The van der Waals surface area contributed by atoms with E-state index in [1.54, 1.807) is 13.2 Å². The van der Waals surface area contributed by atoms with Crippen molar-refractivity contribution in [3.05, 3.63) is 21.9 Å². The van der Waals surface area contributed by atoms with Gasteiger partial charge in [-0.05, 0) is 12.1 Å². The third-order valence-corrected chi connectivity index (χ3v) is 3.34. The Labute approximate surface area is 115 Å². The lowest BCUT2D eigenvalue weighted by atomic mass is 10.3. The third kappa shape index (κ3) is 6.90. The zero-order valence-corrected chi connectivity index (χ0v) is 11.6. The van der Waals surface area contributed by atoms with Crippen LogP contribution in [0.1, 0.15) is 9.75 Å². The minimum absolute atomic E-state index is 0.0438. The first kappa shape index (κ1) is 15.6. The molecule has 1 aromatic rings. The Hall–Kier alpha value is -1.44. The van der Waals surface area contributed by atoms with Crippen LogP contribution in [0.2, 0.25) is 0 Å². The van der Waals surface area contributed by atoms with Gasteiger partial charge in [0, 0.05) is 30.0 Å². The number of carbonyl (C=O) groups is 2. The van der Waals surface area contributed by atoms with Gasteiger partial charge in [0.2, 0.25) is 5.91 Å². The van der Waals surface area contributed by atoms with Gasteiger partial charge in [-0.2, -0.15) is 0 Å². The quantitative estimate of drug-likeness (QED) is 0.566. The van der Waals surface area contributed by atoms with E-state index >= 15 is 0 Å². The number of carboxylic acid groups (broad SMARTS) is 1. The number of nitrogens with one attached hydrogen (secondary N) is 2. The Balaban J connectivity index is 2.20. The van der Waals surface area contributed by atoms with Gasteiger partial charge in [-0.25, -0.2) is 0 Å². The summed E-state index contributed by atoms with van der Waals surface area (Å²) in [6.07, 6.45) is 0.0438. The van der Waals surface area contributed by atoms with Crippen molar-refractivity contribution in [3.63, 3.8) is 0 Å². The summed E-state index contributed by atoms with van der Waals surface area (Å²) in [5, 5.41) is 14.4. The monoisotopic (exact) mass is 286 g/mol. The first-order chi connectivity index (χ1) is 9.11. The first-order valence-corrected chi connectivity index (χ1v) is 6.69. The van der Waals surface area contributed by atoms with E-state index in [-0.39, 0.29) is 18.9 Å². The van der Waals surface area contributed by atoms with Crippen LogP contribution in [0.3, 0.4) is 0 Å². The van der Waals surface area contributed by atoms with E-state index in [2.05, 4.69) is 10.6 Å². The molecule has 0 unspecified atom stereocenters. The highest BCUT2D eigenvalue weighted by molar-refractivity contribution is 7.12. The lowest BCUT2D eigenvalue weighted by Crippen LogP contribution is -2.35. The van der Waals surface area contributed by atoms with Gasteiger partial charge in [0.1, 0.15) is 0 Å². The van der Waals surface area contributed by atoms with Crippen molar-refractivity contribution < 1.29 is 19.4 Å². The molecule has 1 heterocycles. The van der Waals surface area contributed by atoms with Gasteiger partial charge < -0.3 is 20.5 Å². The molecule has 7 heteroatoms. The van der Waals surface area contributed by atoms with Crippen molar-refractivity contribution in [2.45, 2.75) is 13.0 Å². The number of carbonyl (C=O) groups excluding carboxylic acids is 1. The van der Waals surface area contributed by atoms with Crippen LogP contribution in [0.25, 0.3) is 0 Å². The Bertz CT molecular complexity index is 420. The highest BCUT2D eigenvalue weighted by Crippen LogP contribution is 2.16. The summed E-state index contributed by atoms with van der Waals surface area (Å²) in [5.74, 6) is -0.918. The Kier molecular flexibility index (Phi) is 7.09. The minimum Gasteiger partial charge on any atom is -0.481 e. The normalized spacial score (nSPS) is 10.4. The summed E-state index contributed by atoms with van der Waals surface area (Å²) in [6, 6.07) is 3.67. The van der Waals surface area contributed by atoms with Crippen molar-refractivity contribution in [2.75, 3.05) is 26.8 Å². The zero-order chi connectivity index (χ0) is 14.1. The molecule has 6 nitrogen and oxygen atoms in total. The number of aliphatic carboxylic acids is 1. The molecule has 0 aromatic carbocycles. The lowest BCUT2D eigenvalue weighted by molar-refractivity contribution is -0.136. The number of carboxylic acids is 1. The Morgan fingerprint density at radius 3 is 2.79 bits per heavy atom. The van der Waals surface area contributed by atoms with Crippen molar-refractivity contribution in [3.8, 4) is 0 Å². The van der Waals surface area contributed by atoms with Gasteiger partial charge in [0.05, 0.1) is 19.6 Å². The summed E-state index contributed by atoms with van der Waals surface area (Å²) in [6.45, 7) is 1.78. The maximum Gasteiger partial charge on any atom is 0.308 e. The van der Waals surface area contributed by atoms with E-state index in [4.69, 9.17) is 9.84 Å². The molecule has 0 fully saturated rings. The van der Waals surface area contributed by atoms with Gasteiger partial charge in [-0.15, -0.1) is 11.3 Å². The van der Waals surface area contributed by atoms with Crippen LogP contribution < -0.4 is 10.6 Å². The molecular formula is C12H18N2O4S. The first-order valence-electron chi connectivity index (χ1n) is 5.87. The van der Waals surface area contributed by atoms with Crippen LogP contribution in [0.15, 0.2) is 12.1 Å². The van der Waals surface area contributed by atoms with Crippen molar-refractivity contribution in [2.24, 2.45) is 0 Å². The van der Waals surface area contributed by atoms with Crippen LogP contribution in [-0.2, 0) is 27.3 Å². The topological polar surface area (TPSA) is 87.7 Å². The molecule has 1 rings (SSSR count). The average Bonchev–Trinajstić information content (AvgIpc) is 2.76. The molecule has 0 saturated carbocycles. The second-order valence-corrected chi connectivity index (χ2v) is 5.14. The van der Waals surface area contributed by atoms with E-state index < -0.39 is 5.97 Å². The van der Waals surface area contributed by atoms with Crippen molar-refractivity contribution >= 4 is 23.2 Å². The second kappa shape index (κ2) is 8.63. The fourth-order valence-electron chi connectivity index (χ4n) is 1.42. The maximum atomic E-state index is 11.4. The standard InChI is InChI=1S/C12H18N2O4S/c1-18-5-4-14-11(15)8-13-7-10-3-2-9(19-10)6-12(16)17/h2-3,13H,4-8H2,1H3,(H,14,15)(H,16,17). The molecule has 0 atom stereocenters. The highest BCUT2D eigenvalue weighted by atomic mass is 32.1. The van der Waals surface area contributed by atoms with Crippen molar-refractivity contribution in [1.29, 1.82) is 0 Å². The molecule has 0 bridgehead atoms. The van der Waals surface area contributed by atoms with Gasteiger partial charge in [0.15, 0.2) is 0 Å². The number of rotatable bonds is 9. The minimum atomic E-state index is -0.834. The molecule has 106 valence electrons. The van der Waals surface area contributed by atoms with E-state index in [1.807, 2.05) is 6.07 Å². The molecule has 19 heavy (non-hydrogen) atoms. The molecule has 1 amide bonds. The van der Waals surface area contributed by atoms with Crippen molar-refractivity contribution in [1.82, 2.24) is 10.6 Å². The highest BCUT2D eigenvalue weighted by Gasteiger charge is 2.05. The lowest BCUT2D eigenvalue weighted by Gasteiger charge is -2.05. The van der Waals surface area contributed by atoms with E-state index in [1.165, 1.54) is 11.3 Å². The molecule has 0 aliphatic rings. The van der Waals surface area contributed by atoms with Gasteiger partial charge in [-0.3, -0.25) is 9.59 Å². The molecule has 3 N–H and O–H groups in total. The molecule has 0 spiro atoms. The van der Waals surface area contributed by atoms with Gasteiger partial charge in [-0.1, -0.05) is 0 Å². The van der Waals surface area contributed by atoms with E-state index in [9.17, 15) is 9.59 Å². The van der Waals surface area contributed by atoms with Crippen LogP contribution in [-0.4, -0.2) is 43.8 Å². The van der Waals surface area contributed by atoms with Crippen LogP contribution >= 0.6 is 11.3 Å². The Morgan fingerprint density at radius 2 is 2.11 bits per heavy atom. The average molecular weight is 286 g/mol. The van der Waals surface area contributed by atoms with Gasteiger partial charge >= 0.3 is 5.97 Å². The van der Waals surface area contributed by atoms with Crippen LogP contribution in [0.4, 0.5) is 0 Å². The number of amides is 1. The summed E-state index contributed by atoms with van der Waals surface area (Å²) in [5.41, 5.74) is 0. The van der Waals surface area contributed by atoms with Gasteiger partial charge in [0.25, 0.3) is 0 Å². The predicted octanol–water partition coefficient (Wildman–Crippen LogP) is 0.227. The number of ether oxygens (including phenoxy) is 1. The zero-order valence-electron chi connectivity index (χ0n) is 10.8.